The van der Waals surface area contributed by atoms with Crippen LogP contribution in [0.25, 0.3) is 10.4 Å². The van der Waals surface area contributed by atoms with Gasteiger partial charge in [-0.1, -0.05) is 5.11 Å². The molecule has 0 rings (SSSR count). The number of hydrogen-bond donors (Lipinski definition) is 0. The minimum Gasteiger partial charge on any atom is -0.379 e. The van der Waals surface area contributed by atoms with Crippen LogP contribution in [0, 0.1) is 20.2 Å². The Hall–Kier alpha value is -2.33. The van der Waals surface area contributed by atoms with E-state index in [2.05, 4.69) is 14.9 Å². The van der Waals surface area contributed by atoms with Gasteiger partial charge in [0.2, 0.25) is 0 Å². The lowest BCUT2D eigenvalue weighted by Gasteiger charge is -2.17. The van der Waals surface area contributed by atoms with Gasteiger partial charge < -0.3 is 9.57 Å². The van der Waals surface area contributed by atoms with Crippen LogP contribution < -0.4 is 0 Å². The minimum absolute atomic E-state index is 0.0454. The Kier molecular flexibility index (Phi) is 7.64. The van der Waals surface area contributed by atoms with Crippen LogP contribution in [0.4, 0.5) is 0 Å². The van der Waals surface area contributed by atoms with E-state index < -0.39 is 16.2 Å². The molecule has 0 aliphatic carbocycles. The molecule has 0 saturated carbocycles. The van der Waals surface area contributed by atoms with E-state index >= 15 is 0 Å². The Morgan fingerprint density at radius 1 is 1.50 bits per heavy atom. The summed E-state index contributed by atoms with van der Waals surface area (Å²) >= 11 is 0. The Morgan fingerprint density at radius 3 is 2.67 bits per heavy atom. The normalized spacial score (nSPS) is 11.2. The molecule has 12 nitrogen and oxygen atoms in total. The van der Waals surface area contributed by atoms with Gasteiger partial charge in [0, 0.05) is 11.5 Å². The molecule has 0 heterocycles. The van der Waals surface area contributed by atoms with Crippen LogP contribution in [0.15, 0.2) is 5.11 Å². The summed E-state index contributed by atoms with van der Waals surface area (Å²) in [4.78, 5) is 27.2. The molecule has 0 bridgehead atoms. The Morgan fingerprint density at radius 2 is 2.17 bits per heavy atom. The van der Waals surface area contributed by atoms with Crippen molar-refractivity contribution < 1.29 is 19.7 Å². The first-order valence-electron chi connectivity index (χ1n) is 4.72. The predicted octanol–water partition coefficient (Wildman–Crippen LogP) is 0.0137. The third-order valence-electron chi connectivity index (χ3n) is 1.68. The maximum absolute atomic E-state index is 10.3. The van der Waals surface area contributed by atoms with Crippen molar-refractivity contribution in [2.75, 3.05) is 33.4 Å². The van der Waals surface area contributed by atoms with Crippen LogP contribution in [0.1, 0.15) is 0 Å². The SMILES string of the molecule is CN(CC(COCCN=[N+]=[N-])O[N+](=O)[O-])[N+](=O)[O-]. The molecule has 0 saturated heterocycles. The van der Waals surface area contributed by atoms with Crippen LogP contribution in [0.2, 0.25) is 0 Å². The van der Waals surface area contributed by atoms with E-state index in [4.69, 9.17) is 10.3 Å². The van der Waals surface area contributed by atoms with Crippen LogP contribution in [0.3, 0.4) is 0 Å². The highest BCUT2D eigenvalue weighted by Gasteiger charge is 2.20. The van der Waals surface area contributed by atoms with Crippen LogP contribution in [-0.4, -0.2) is 54.6 Å². The lowest BCUT2D eigenvalue weighted by atomic mass is 10.4. The second-order valence-corrected chi connectivity index (χ2v) is 3.06. The Balaban J connectivity index is 4.10. The van der Waals surface area contributed by atoms with E-state index in [0.717, 1.165) is 7.05 Å². The molecule has 0 spiro atoms. The monoisotopic (exact) mass is 264 g/mol. The number of hydrazine groups is 1. The fourth-order valence-corrected chi connectivity index (χ4v) is 0.964. The zero-order valence-electron chi connectivity index (χ0n) is 9.54. The summed E-state index contributed by atoms with van der Waals surface area (Å²) in [6.07, 6.45) is -1.10. The second kappa shape index (κ2) is 8.78. The standard InChI is InChI=1S/C6H12N6O6/c1-10(11(13)14)4-6(18-12(15)16)5-17-3-2-8-9-7/h6H,2-5H2,1H3. The van der Waals surface area contributed by atoms with Crippen molar-refractivity contribution in [1.29, 1.82) is 0 Å². The zero-order chi connectivity index (χ0) is 14.0. The first-order valence-corrected chi connectivity index (χ1v) is 4.72. The molecule has 12 heteroatoms. The first-order chi connectivity index (χ1) is 8.47. The molecule has 0 amide bonds. The van der Waals surface area contributed by atoms with Crippen LogP contribution in [-0.2, 0) is 9.57 Å². The van der Waals surface area contributed by atoms with Gasteiger partial charge in [0.05, 0.1) is 20.3 Å². The number of rotatable bonds is 10. The van der Waals surface area contributed by atoms with Crippen molar-refractivity contribution in [2.45, 2.75) is 6.10 Å². The molecule has 1 atom stereocenters. The van der Waals surface area contributed by atoms with Crippen molar-refractivity contribution in [3.05, 3.63) is 30.7 Å². The fourth-order valence-electron chi connectivity index (χ4n) is 0.964. The molecule has 102 valence electrons. The quantitative estimate of drug-likeness (QED) is 0.134. The summed E-state index contributed by atoms with van der Waals surface area (Å²) < 4.78 is 4.94. The van der Waals surface area contributed by atoms with Crippen molar-refractivity contribution in [3.63, 3.8) is 0 Å². The smallest absolute Gasteiger partial charge is 0.294 e. The lowest BCUT2D eigenvalue weighted by molar-refractivity contribution is -0.772. The molecule has 0 aromatic rings. The lowest BCUT2D eigenvalue weighted by Crippen LogP contribution is -2.38. The van der Waals surface area contributed by atoms with E-state index in [-0.39, 0.29) is 26.3 Å². The van der Waals surface area contributed by atoms with E-state index in [9.17, 15) is 20.2 Å². The molecular formula is C6H12N6O6. The highest BCUT2D eigenvalue weighted by Crippen LogP contribution is 1.98. The first kappa shape index (κ1) is 15.7. The molecule has 0 aliphatic heterocycles. The molecular weight excluding hydrogens is 252 g/mol. The van der Waals surface area contributed by atoms with Crippen molar-refractivity contribution in [2.24, 2.45) is 5.11 Å². The molecule has 0 fully saturated rings. The number of ether oxygens (including phenoxy) is 1. The summed E-state index contributed by atoms with van der Waals surface area (Å²) in [5.41, 5.74) is 7.98. The van der Waals surface area contributed by atoms with E-state index in [1.54, 1.807) is 0 Å². The fraction of sp³-hybridized carbons (Fsp3) is 1.00. The van der Waals surface area contributed by atoms with Gasteiger partial charge in [0.1, 0.15) is 6.54 Å². The van der Waals surface area contributed by atoms with Crippen LogP contribution >= 0.6 is 0 Å². The summed E-state index contributed by atoms with van der Waals surface area (Å²) in [5.74, 6) is 0. The summed E-state index contributed by atoms with van der Waals surface area (Å²) in [6.45, 7) is -0.424. The minimum atomic E-state index is -1.10. The number of likely N-dealkylation sites (N-methyl/N-ethyl adjacent to an activating group) is 1. The maximum Gasteiger partial charge on any atom is 0.294 e. The van der Waals surface area contributed by atoms with Gasteiger partial charge in [0.15, 0.2) is 11.1 Å². The topological polar surface area (TPSA) is 157 Å². The molecule has 0 N–H and O–H groups in total. The molecule has 1 unspecified atom stereocenters. The number of nitrogens with zero attached hydrogens (tertiary/aromatic N) is 6. The van der Waals surface area contributed by atoms with Crippen molar-refractivity contribution in [1.82, 2.24) is 5.01 Å². The highest BCUT2D eigenvalue weighted by molar-refractivity contribution is 4.57. The third kappa shape index (κ3) is 7.90. The molecule has 18 heavy (non-hydrogen) atoms. The van der Waals surface area contributed by atoms with Gasteiger partial charge in [-0.15, -0.1) is 15.1 Å². The van der Waals surface area contributed by atoms with Gasteiger partial charge in [0.25, 0.3) is 5.09 Å². The maximum atomic E-state index is 10.3. The Labute approximate surface area is 101 Å². The zero-order valence-corrected chi connectivity index (χ0v) is 9.54. The summed E-state index contributed by atoms with van der Waals surface area (Å²) in [5, 5.41) is 22.6. The largest absolute Gasteiger partial charge is 0.379 e. The van der Waals surface area contributed by atoms with Crippen LogP contribution in [0.5, 0.6) is 0 Å². The molecule has 0 aromatic carbocycles. The number of nitro groups is 1. The van der Waals surface area contributed by atoms with E-state index in [0.29, 0.717) is 5.01 Å². The molecule has 0 aliphatic rings. The molecule has 0 radical (unpaired) electrons. The average molecular weight is 264 g/mol. The number of azide groups is 1. The van der Waals surface area contributed by atoms with Crippen molar-refractivity contribution >= 4 is 0 Å². The van der Waals surface area contributed by atoms with E-state index in [1.807, 2.05) is 0 Å². The number of hydrogen-bond acceptors (Lipinski definition) is 7. The van der Waals surface area contributed by atoms with Gasteiger partial charge in [-0.25, -0.2) is 10.1 Å². The summed E-state index contributed by atoms with van der Waals surface area (Å²) in [6, 6.07) is 0. The predicted molar refractivity (Wildman–Crippen MR) is 56.3 cm³/mol. The van der Waals surface area contributed by atoms with Crippen molar-refractivity contribution in [3.8, 4) is 0 Å². The van der Waals surface area contributed by atoms with Gasteiger partial charge >= 0.3 is 0 Å². The second-order valence-electron chi connectivity index (χ2n) is 3.06. The van der Waals surface area contributed by atoms with E-state index in [1.165, 1.54) is 0 Å². The highest BCUT2D eigenvalue weighted by atomic mass is 17.0. The third-order valence-corrected chi connectivity index (χ3v) is 1.68. The average Bonchev–Trinajstić information content (AvgIpc) is 2.27. The van der Waals surface area contributed by atoms with Gasteiger partial charge in [-0.3, -0.25) is 0 Å². The van der Waals surface area contributed by atoms with Gasteiger partial charge in [-0.2, -0.15) is 0 Å². The van der Waals surface area contributed by atoms with Gasteiger partial charge in [-0.05, 0) is 5.53 Å². The molecule has 0 aromatic heterocycles. The Bertz CT molecular complexity index is 331. The summed E-state index contributed by atoms with van der Waals surface area (Å²) in [7, 11) is 1.15.